The minimum atomic E-state index is -1.03. The van der Waals surface area contributed by atoms with E-state index in [2.05, 4.69) is 5.32 Å². The molecule has 2 amide bonds. The van der Waals surface area contributed by atoms with Gasteiger partial charge in [0.1, 0.15) is 6.54 Å². The number of amides is 2. The van der Waals surface area contributed by atoms with Crippen molar-refractivity contribution < 1.29 is 14.7 Å². The first-order chi connectivity index (χ1) is 8.95. The molecule has 1 aromatic rings. The molecule has 1 aromatic carbocycles. The van der Waals surface area contributed by atoms with Gasteiger partial charge in [-0.1, -0.05) is 12.1 Å². The highest BCUT2D eigenvalue weighted by Crippen LogP contribution is 2.23. The molecular weight excluding hydrogens is 246 g/mol. The molecule has 0 fully saturated rings. The molecule has 0 unspecified atom stereocenters. The Kier molecular flexibility index (Phi) is 5.17. The molecule has 1 rings (SSSR count). The number of aliphatic carboxylic acids is 1. The Morgan fingerprint density at radius 3 is 2.42 bits per heavy atom. The van der Waals surface area contributed by atoms with Crippen molar-refractivity contribution in [2.24, 2.45) is 0 Å². The molecule has 104 valence electrons. The summed E-state index contributed by atoms with van der Waals surface area (Å²) in [6.45, 7) is 1.76. The number of para-hydroxylation sites is 2. The minimum absolute atomic E-state index is 0.313. The van der Waals surface area contributed by atoms with Crippen LogP contribution in [0.15, 0.2) is 24.3 Å². The summed E-state index contributed by atoms with van der Waals surface area (Å²) >= 11 is 0. The molecule has 0 radical (unpaired) electrons. The van der Waals surface area contributed by atoms with Crippen LogP contribution in [0.4, 0.5) is 16.2 Å². The van der Waals surface area contributed by atoms with Gasteiger partial charge in [0.15, 0.2) is 0 Å². The summed E-state index contributed by atoms with van der Waals surface area (Å²) < 4.78 is 0. The molecule has 0 aliphatic rings. The number of hydrogen-bond donors (Lipinski definition) is 2. The number of likely N-dealkylation sites (N-methyl/N-ethyl adjacent to an activating group) is 1. The normalized spacial score (nSPS) is 9.84. The molecule has 0 aromatic heterocycles. The predicted octanol–water partition coefficient (Wildman–Crippen LogP) is 1.69. The van der Waals surface area contributed by atoms with E-state index in [0.717, 1.165) is 5.69 Å². The third-order valence-corrected chi connectivity index (χ3v) is 2.62. The third kappa shape index (κ3) is 4.17. The quantitative estimate of drug-likeness (QED) is 0.849. The molecule has 6 heteroatoms. The molecule has 0 saturated heterocycles. The van der Waals surface area contributed by atoms with Gasteiger partial charge in [-0.05, 0) is 19.1 Å². The van der Waals surface area contributed by atoms with Gasteiger partial charge < -0.3 is 20.2 Å². The van der Waals surface area contributed by atoms with E-state index in [4.69, 9.17) is 5.11 Å². The first kappa shape index (κ1) is 14.8. The minimum Gasteiger partial charge on any atom is -0.480 e. The van der Waals surface area contributed by atoms with Crippen molar-refractivity contribution in [3.8, 4) is 0 Å². The number of urea groups is 1. The van der Waals surface area contributed by atoms with Crippen molar-refractivity contribution in [2.75, 3.05) is 37.4 Å². The van der Waals surface area contributed by atoms with E-state index >= 15 is 0 Å². The van der Waals surface area contributed by atoms with Crippen LogP contribution in [0.25, 0.3) is 0 Å². The third-order valence-electron chi connectivity index (χ3n) is 2.62. The van der Waals surface area contributed by atoms with Crippen LogP contribution in [-0.4, -0.2) is 49.2 Å². The van der Waals surface area contributed by atoms with E-state index in [1.54, 1.807) is 13.0 Å². The lowest BCUT2D eigenvalue weighted by Crippen LogP contribution is -2.38. The van der Waals surface area contributed by atoms with Crippen molar-refractivity contribution in [3.05, 3.63) is 24.3 Å². The van der Waals surface area contributed by atoms with Crippen LogP contribution in [0, 0.1) is 0 Å². The highest BCUT2D eigenvalue weighted by atomic mass is 16.4. The lowest BCUT2D eigenvalue weighted by atomic mass is 10.2. The van der Waals surface area contributed by atoms with Crippen molar-refractivity contribution in [3.63, 3.8) is 0 Å². The van der Waals surface area contributed by atoms with Gasteiger partial charge in [0.25, 0.3) is 0 Å². The summed E-state index contributed by atoms with van der Waals surface area (Å²) in [6, 6.07) is 6.93. The number of nitrogens with one attached hydrogen (secondary N) is 1. The molecule has 0 aliphatic carbocycles. The van der Waals surface area contributed by atoms with Crippen LogP contribution in [0.3, 0.4) is 0 Å². The Hall–Kier alpha value is -2.24. The van der Waals surface area contributed by atoms with Gasteiger partial charge >= 0.3 is 12.0 Å². The second kappa shape index (κ2) is 6.63. The topological polar surface area (TPSA) is 72.9 Å². The Labute approximate surface area is 112 Å². The number of nitrogens with zero attached hydrogens (tertiary/aromatic N) is 2. The van der Waals surface area contributed by atoms with Gasteiger partial charge in [-0.2, -0.15) is 0 Å². The second-order valence-electron chi connectivity index (χ2n) is 4.25. The van der Waals surface area contributed by atoms with E-state index in [9.17, 15) is 9.59 Å². The van der Waals surface area contributed by atoms with E-state index in [1.165, 1.54) is 4.90 Å². The number of carbonyl (C=O) groups is 2. The molecule has 19 heavy (non-hydrogen) atoms. The monoisotopic (exact) mass is 265 g/mol. The Morgan fingerprint density at radius 2 is 1.89 bits per heavy atom. The number of carboxylic acid groups (broad SMARTS) is 1. The fourth-order valence-corrected chi connectivity index (χ4v) is 1.65. The van der Waals surface area contributed by atoms with E-state index in [1.807, 2.05) is 37.2 Å². The van der Waals surface area contributed by atoms with Gasteiger partial charge in [0, 0.05) is 20.6 Å². The van der Waals surface area contributed by atoms with Crippen LogP contribution in [-0.2, 0) is 4.79 Å². The number of hydrogen-bond acceptors (Lipinski definition) is 3. The van der Waals surface area contributed by atoms with E-state index in [-0.39, 0.29) is 6.54 Å². The van der Waals surface area contributed by atoms with Crippen LogP contribution in [0.1, 0.15) is 6.92 Å². The predicted molar refractivity (Wildman–Crippen MR) is 74.7 cm³/mol. The smallest absolute Gasteiger partial charge is 0.323 e. The van der Waals surface area contributed by atoms with E-state index in [0.29, 0.717) is 12.2 Å². The Balaban J connectivity index is 2.84. The molecule has 0 spiro atoms. The molecule has 6 nitrogen and oxygen atoms in total. The van der Waals surface area contributed by atoms with Gasteiger partial charge in [-0.15, -0.1) is 0 Å². The van der Waals surface area contributed by atoms with Crippen LogP contribution < -0.4 is 10.2 Å². The molecule has 0 saturated carbocycles. The largest absolute Gasteiger partial charge is 0.480 e. The van der Waals surface area contributed by atoms with Crippen molar-refractivity contribution in [1.29, 1.82) is 0 Å². The van der Waals surface area contributed by atoms with Crippen LogP contribution in [0.2, 0.25) is 0 Å². The summed E-state index contributed by atoms with van der Waals surface area (Å²) in [5.74, 6) is -1.03. The maximum Gasteiger partial charge on any atom is 0.323 e. The SMILES string of the molecule is CCN(CC(=O)O)C(=O)Nc1ccccc1N(C)C. The van der Waals surface area contributed by atoms with Crippen LogP contribution in [0.5, 0.6) is 0 Å². The highest BCUT2D eigenvalue weighted by molar-refractivity contribution is 5.94. The zero-order valence-corrected chi connectivity index (χ0v) is 11.4. The summed E-state index contributed by atoms with van der Waals surface area (Å²) in [6.07, 6.45) is 0. The zero-order chi connectivity index (χ0) is 14.4. The maximum absolute atomic E-state index is 12.0. The first-order valence-electron chi connectivity index (χ1n) is 5.99. The zero-order valence-electron chi connectivity index (χ0n) is 11.4. The number of carbonyl (C=O) groups excluding carboxylic acids is 1. The van der Waals surface area contributed by atoms with Crippen LogP contribution >= 0.6 is 0 Å². The molecule has 0 bridgehead atoms. The fourth-order valence-electron chi connectivity index (χ4n) is 1.65. The first-order valence-corrected chi connectivity index (χ1v) is 5.99. The number of rotatable bonds is 5. The Morgan fingerprint density at radius 1 is 1.26 bits per heavy atom. The fraction of sp³-hybridized carbons (Fsp3) is 0.385. The molecule has 2 N–H and O–H groups in total. The van der Waals surface area contributed by atoms with Gasteiger partial charge in [-0.25, -0.2) is 4.79 Å². The maximum atomic E-state index is 12.0. The summed E-state index contributed by atoms with van der Waals surface area (Å²) in [7, 11) is 3.75. The number of anilines is 2. The number of benzene rings is 1. The summed E-state index contributed by atoms with van der Waals surface area (Å²) in [4.78, 5) is 25.8. The summed E-state index contributed by atoms with van der Waals surface area (Å²) in [5, 5.41) is 11.5. The van der Waals surface area contributed by atoms with Crippen molar-refractivity contribution in [2.45, 2.75) is 6.92 Å². The highest BCUT2D eigenvalue weighted by Gasteiger charge is 2.16. The average Bonchev–Trinajstić information content (AvgIpc) is 2.35. The standard InChI is InChI=1S/C13H19N3O3/c1-4-16(9-12(17)18)13(19)14-10-7-5-6-8-11(10)15(2)3/h5-8H,4,9H2,1-3H3,(H,14,19)(H,17,18). The Bertz CT molecular complexity index is 460. The van der Waals surface area contributed by atoms with Gasteiger partial charge in [-0.3, -0.25) is 4.79 Å². The number of carboxylic acids is 1. The van der Waals surface area contributed by atoms with Gasteiger partial charge in [0.05, 0.1) is 11.4 Å². The molecule has 0 heterocycles. The van der Waals surface area contributed by atoms with Crippen molar-refractivity contribution >= 4 is 23.4 Å². The molecular formula is C13H19N3O3. The summed E-state index contributed by atoms with van der Waals surface area (Å²) in [5.41, 5.74) is 1.52. The lowest BCUT2D eigenvalue weighted by Gasteiger charge is -2.22. The lowest BCUT2D eigenvalue weighted by molar-refractivity contribution is -0.137. The van der Waals surface area contributed by atoms with Crippen molar-refractivity contribution in [1.82, 2.24) is 4.90 Å². The molecule has 0 atom stereocenters. The average molecular weight is 265 g/mol. The molecule has 0 aliphatic heterocycles. The second-order valence-corrected chi connectivity index (χ2v) is 4.25. The van der Waals surface area contributed by atoms with E-state index < -0.39 is 12.0 Å². The van der Waals surface area contributed by atoms with Gasteiger partial charge in [0.2, 0.25) is 0 Å².